The smallest absolute Gasteiger partial charge is 0.257 e. The molecule has 3 heterocycles. The molecular weight excluding hydrogens is 469 g/mol. The monoisotopic (exact) mass is 495 g/mol. The number of carbonyl (C=O) groups excluding carboxylic acids is 2. The number of hydrogen-bond donors (Lipinski definition) is 3. The largest absolute Gasteiger partial charge is 0.356 e. The van der Waals surface area contributed by atoms with Gasteiger partial charge in [0.1, 0.15) is 11.6 Å². The number of aromatic amines is 1. The molecule has 5 rings (SSSR count). The van der Waals surface area contributed by atoms with E-state index >= 15 is 0 Å². The maximum absolute atomic E-state index is 13.3. The molecule has 186 valence electrons. The Hall–Kier alpha value is -4.72. The van der Waals surface area contributed by atoms with Crippen LogP contribution in [0.15, 0.2) is 79.5 Å². The van der Waals surface area contributed by atoms with Crippen LogP contribution in [0.3, 0.4) is 0 Å². The van der Waals surface area contributed by atoms with Crippen LogP contribution >= 0.6 is 0 Å². The number of nitrogens with one attached hydrogen (secondary N) is 3. The van der Waals surface area contributed by atoms with Crippen molar-refractivity contribution in [3.63, 3.8) is 0 Å². The minimum atomic E-state index is -0.449. The summed E-state index contributed by atoms with van der Waals surface area (Å²) in [6, 6.07) is 18.8. The van der Waals surface area contributed by atoms with Gasteiger partial charge < -0.3 is 20.5 Å². The number of carbonyl (C=O) groups is 2. The molecule has 0 saturated heterocycles. The Bertz CT molecular complexity index is 1490. The average molecular weight is 496 g/mol. The molecule has 7 nitrogen and oxygen atoms in total. The van der Waals surface area contributed by atoms with Crippen LogP contribution in [0.25, 0.3) is 16.8 Å². The van der Waals surface area contributed by atoms with Crippen molar-refractivity contribution in [1.82, 2.24) is 14.9 Å². The molecule has 2 aromatic carbocycles. The van der Waals surface area contributed by atoms with E-state index in [0.717, 1.165) is 22.6 Å². The van der Waals surface area contributed by atoms with Gasteiger partial charge in [-0.1, -0.05) is 43.8 Å². The van der Waals surface area contributed by atoms with Crippen LogP contribution < -0.4 is 10.6 Å². The molecule has 0 aliphatic carbocycles. The van der Waals surface area contributed by atoms with E-state index in [-0.39, 0.29) is 23.2 Å². The van der Waals surface area contributed by atoms with Gasteiger partial charge in [-0.05, 0) is 42.0 Å². The van der Waals surface area contributed by atoms with Crippen molar-refractivity contribution in [1.29, 1.82) is 0 Å². The molecule has 3 N–H and O–H groups in total. The first kappa shape index (κ1) is 24.0. The highest BCUT2D eigenvalue weighted by Crippen LogP contribution is 2.41. The van der Waals surface area contributed by atoms with E-state index in [4.69, 9.17) is 0 Å². The van der Waals surface area contributed by atoms with E-state index in [1.165, 1.54) is 24.3 Å². The molecule has 37 heavy (non-hydrogen) atoms. The number of para-hydroxylation sites is 1. The number of H-pyrrole nitrogens is 1. The van der Waals surface area contributed by atoms with Gasteiger partial charge in [-0.2, -0.15) is 0 Å². The summed E-state index contributed by atoms with van der Waals surface area (Å²) >= 11 is 0. The number of nitrogens with zero attached hydrogens (tertiary/aromatic N) is 2. The molecule has 0 radical (unpaired) electrons. The molecule has 8 heteroatoms. The summed E-state index contributed by atoms with van der Waals surface area (Å²) < 4.78 is 13.3. The SMILES string of the molecule is C=C(C(=O)Nc1cc(-c2[nH]c3c(c2Nc2ccccc2)C(=O)N(C)C[C@H]3C)ccn1)c1ccc(F)cc1. The van der Waals surface area contributed by atoms with Crippen molar-refractivity contribution in [3.05, 3.63) is 102 Å². The lowest BCUT2D eigenvalue weighted by molar-refractivity contribution is -0.111. The summed E-state index contributed by atoms with van der Waals surface area (Å²) in [6.45, 7) is 6.53. The highest BCUT2D eigenvalue weighted by Gasteiger charge is 2.33. The minimum absolute atomic E-state index is 0.0628. The van der Waals surface area contributed by atoms with Crippen molar-refractivity contribution in [3.8, 4) is 11.3 Å². The lowest BCUT2D eigenvalue weighted by Gasteiger charge is -2.28. The third-order valence-electron chi connectivity index (χ3n) is 6.43. The summed E-state index contributed by atoms with van der Waals surface area (Å²) in [5.41, 5.74) is 5.15. The summed E-state index contributed by atoms with van der Waals surface area (Å²) in [4.78, 5) is 35.5. The zero-order valence-electron chi connectivity index (χ0n) is 20.5. The highest BCUT2D eigenvalue weighted by atomic mass is 19.1. The van der Waals surface area contributed by atoms with E-state index < -0.39 is 5.91 Å². The van der Waals surface area contributed by atoms with Gasteiger partial charge in [0.2, 0.25) is 0 Å². The fourth-order valence-electron chi connectivity index (χ4n) is 4.52. The second-order valence-corrected chi connectivity index (χ2v) is 9.11. The normalized spacial score (nSPS) is 14.7. The van der Waals surface area contributed by atoms with Gasteiger partial charge in [-0.3, -0.25) is 9.59 Å². The lowest BCUT2D eigenvalue weighted by Crippen LogP contribution is -2.36. The van der Waals surface area contributed by atoms with Gasteiger partial charge >= 0.3 is 0 Å². The molecule has 1 aliphatic rings. The zero-order chi connectivity index (χ0) is 26.1. The number of halogens is 1. The molecular formula is C29H26FN5O2. The first-order valence-corrected chi connectivity index (χ1v) is 11.9. The minimum Gasteiger partial charge on any atom is -0.356 e. The Morgan fingerprint density at radius 3 is 2.59 bits per heavy atom. The third kappa shape index (κ3) is 4.73. The molecule has 2 aromatic heterocycles. The Morgan fingerprint density at radius 1 is 1.14 bits per heavy atom. The predicted octanol–water partition coefficient (Wildman–Crippen LogP) is 5.80. The van der Waals surface area contributed by atoms with E-state index in [0.29, 0.717) is 29.2 Å². The number of amides is 2. The predicted molar refractivity (Wildman–Crippen MR) is 143 cm³/mol. The zero-order valence-corrected chi connectivity index (χ0v) is 20.5. The van der Waals surface area contributed by atoms with Crippen LogP contribution in [0.1, 0.15) is 34.5 Å². The number of benzene rings is 2. The molecule has 0 spiro atoms. The highest BCUT2D eigenvalue weighted by molar-refractivity contribution is 6.24. The number of anilines is 3. The molecule has 1 atom stereocenters. The number of pyridine rings is 1. The van der Waals surface area contributed by atoms with Crippen molar-refractivity contribution >= 4 is 34.6 Å². The van der Waals surface area contributed by atoms with Crippen molar-refractivity contribution in [2.24, 2.45) is 0 Å². The fraction of sp³-hybridized carbons (Fsp3) is 0.138. The average Bonchev–Trinajstić information content (AvgIpc) is 3.28. The van der Waals surface area contributed by atoms with Gasteiger partial charge in [-0.15, -0.1) is 0 Å². The number of rotatable bonds is 6. The van der Waals surface area contributed by atoms with Crippen LogP contribution in [0.4, 0.5) is 21.6 Å². The molecule has 0 unspecified atom stereocenters. The van der Waals surface area contributed by atoms with Crippen LogP contribution in [0.5, 0.6) is 0 Å². The molecule has 0 fully saturated rings. The summed E-state index contributed by atoms with van der Waals surface area (Å²) in [7, 11) is 1.80. The maximum Gasteiger partial charge on any atom is 0.257 e. The van der Waals surface area contributed by atoms with Gasteiger partial charge in [0.25, 0.3) is 11.8 Å². The van der Waals surface area contributed by atoms with Gasteiger partial charge in [0.05, 0.1) is 16.9 Å². The Labute approximate surface area is 214 Å². The van der Waals surface area contributed by atoms with Gasteiger partial charge in [0.15, 0.2) is 0 Å². The summed E-state index contributed by atoms with van der Waals surface area (Å²) in [5, 5.41) is 6.19. The molecule has 2 amide bonds. The molecule has 1 aliphatic heterocycles. The van der Waals surface area contributed by atoms with Crippen LogP contribution in [0.2, 0.25) is 0 Å². The number of likely N-dealkylation sites (N-methyl/N-ethyl adjacent to an activating group) is 1. The Balaban J connectivity index is 1.51. The second-order valence-electron chi connectivity index (χ2n) is 9.11. The van der Waals surface area contributed by atoms with E-state index in [9.17, 15) is 14.0 Å². The number of fused-ring (bicyclic) bond motifs is 1. The van der Waals surface area contributed by atoms with Crippen molar-refractivity contribution in [2.75, 3.05) is 24.2 Å². The topological polar surface area (TPSA) is 90.1 Å². The van der Waals surface area contributed by atoms with Gasteiger partial charge in [-0.25, -0.2) is 9.37 Å². The standard InChI is InChI=1S/C29H26FN5O2/c1-17-16-35(3)29(37)24-25(17)34-26(27(24)32-22-7-5-4-6-8-22)20-13-14-31-23(15-20)33-28(36)18(2)19-9-11-21(30)12-10-19/h4-15,17,32,34H,2,16H2,1,3H3,(H,31,33,36)/t17-/m1/s1. The molecule has 0 bridgehead atoms. The Kier molecular flexibility index (Phi) is 6.31. The molecule has 0 saturated carbocycles. The van der Waals surface area contributed by atoms with Crippen molar-refractivity contribution < 1.29 is 14.0 Å². The fourth-order valence-corrected chi connectivity index (χ4v) is 4.52. The van der Waals surface area contributed by atoms with Crippen LogP contribution in [-0.2, 0) is 4.79 Å². The number of aromatic nitrogens is 2. The van der Waals surface area contributed by atoms with E-state index in [1.807, 2.05) is 36.4 Å². The molecule has 4 aromatic rings. The second kappa shape index (κ2) is 9.73. The lowest BCUT2D eigenvalue weighted by atomic mass is 9.96. The van der Waals surface area contributed by atoms with Crippen LogP contribution in [-0.4, -0.2) is 40.3 Å². The summed E-state index contributed by atoms with van der Waals surface area (Å²) in [6.07, 6.45) is 1.59. The number of hydrogen-bond acceptors (Lipinski definition) is 4. The van der Waals surface area contributed by atoms with Crippen LogP contribution in [0, 0.1) is 5.82 Å². The van der Waals surface area contributed by atoms with E-state index in [2.05, 4.69) is 34.1 Å². The first-order chi connectivity index (χ1) is 17.8. The maximum atomic E-state index is 13.3. The summed E-state index contributed by atoms with van der Waals surface area (Å²) in [5.74, 6) is -0.468. The van der Waals surface area contributed by atoms with Crippen molar-refractivity contribution in [2.45, 2.75) is 12.8 Å². The van der Waals surface area contributed by atoms with Gasteiger partial charge in [0, 0.05) is 48.2 Å². The third-order valence-corrected chi connectivity index (χ3v) is 6.43. The first-order valence-electron chi connectivity index (χ1n) is 11.9. The van der Waals surface area contributed by atoms with E-state index in [1.54, 1.807) is 24.2 Å². The Morgan fingerprint density at radius 2 is 1.86 bits per heavy atom. The quantitative estimate of drug-likeness (QED) is 0.295.